The zero-order valence-electron chi connectivity index (χ0n) is 18.1. The number of nitrogens with zero attached hydrogens (tertiary/aromatic N) is 1. The molecule has 28 heavy (non-hydrogen) atoms. The summed E-state index contributed by atoms with van der Waals surface area (Å²) in [5, 5.41) is 0. The highest BCUT2D eigenvalue weighted by atomic mass is 16.6. The van der Waals surface area contributed by atoms with E-state index in [1.807, 2.05) is 13.0 Å². The van der Waals surface area contributed by atoms with Gasteiger partial charge in [-0.1, -0.05) is 33.8 Å². The topological polar surface area (TPSA) is 46.6 Å². The molecule has 0 bridgehead atoms. The highest BCUT2D eigenvalue weighted by molar-refractivity contribution is 6.05. The molecule has 2 aliphatic carbocycles. The van der Waals surface area contributed by atoms with E-state index in [0.717, 1.165) is 49.5 Å². The Bertz CT molecular complexity index is 749. The Morgan fingerprint density at radius 3 is 2.71 bits per heavy atom. The predicted octanol–water partition coefficient (Wildman–Crippen LogP) is 4.16. The van der Waals surface area contributed by atoms with Crippen LogP contribution >= 0.6 is 0 Å². The summed E-state index contributed by atoms with van der Waals surface area (Å²) in [7, 11) is 0. The first-order valence-electron chi connectivity index (χ1n) is 11.0. The fraction of sp³-hybridized carbons (Fsp3) is 0.750. The van der Waals surface area contributed by atoms with Gasteiger partial charge in [0.2, 0.25) is 0 Å². The molecule has 5 atom stereocenters. The van der Waals surface area contributed by atoms with Crippen LogP contribution in [0.3, 0.4) is 0 Å². The maximum atomic E-state index is 12.9. The average molecular weight is 386 g/mol. The van der Waals surface area contributed by atoms with Crippen LogP contribution in [0.15, 0.2) is 23.3 Å². The van der Waals surface area contributed by atoms with Crippen molar-refractivity contribution < 1.29 is 14.3 Å². The molecular weight excluding hydrogens is 350 g/mol. The van der Waals surface area contributed by atoms with Gasteiger partial charge in [0.1, 0.15) is 6.10 Å². The Kier molecular flexibility index (Phi) is 4.85. The zero-order chi connectivity index (χ0) is 20.3. The monoisotopic (exact) mass is 385 g/mol. The Balaban J connectivity index is 1.56. The Labute approximate surface area is 169 Å². The number of hydrogen-bond donors (Lipinski definition) is 0. The lowest BCUT2D eigenvalue weighted by atomic mass is 9.61. The number of fused-ring (bicyclic) bond motifs is 3. The minimum atomic E-state index is -0.218. The van der Waals surface area contributed by atoms with Crippen molar-refractivity contribution in [1.82, 2.24) is 4.90 Å². The summed E-state index contributed by atoms with van der Waals surface area (Å²) in [6.07, 6.45) is 7.93. The van der Waals surface area contributed by atoms with Gasteiger partial charge in [-0.15, -0.1) is 0 Å². The van der Waals surface area contributed by atoms with Crippen molar-refractivity contribution in [3.63, 3.8) is 0 Å². The molecular formula is C24H35NO3. The Morgan fingerprint density at radius 2 is 1.96 bits per heavy atom. The second kappa shape index (κ2) is 6.83. The molecule has 1 saturated carbocycles. The van der Waals surface area contributed by atoms with E-state index in [1.54, 1.807) is 6.08 Å². The van der Waals surface area contributed by atoms with E-state index in [0.29, 0.717) is 0 Å². The van der Waals surface area contributed by atoms with E-state index in [4.69, 9.17) is 4.74 Å². The van der Waals surface area contributed by atoms with E-state index in [-0.39, 0.29) is 40.5 Å². The molecule has 0 aromatic rings. The van der Waals surface area contributed by atoms with E-state index >= 15 is 0 Å². The molecule has 0 spiro atoms. The van der Waals surface area contributed by atoms with Crippen LogP contribution in [0.1, 0.15) is 60.3 Å². The van der Waals surface area contributed by atoms with Crippen LogP contribution in [0, 0.1) is 28.6 Å². The van der Waals surface area contributed by atoms with Crippen molar-refractivity contribution >= 4 is 11.8 Å². The van der Waals surface area contributed by atoms with Crippen molar-refractivity contribution in [3.05, 3.63) is 23.3 Å². The molecule has 4 aliphatic rings. The van der Waals surface area contributed by atoms with Crippen molar-refractivity contribution in [3.8, 4) is 0 Å². The summed E-state index contributed by atoms with van der Waals surface area (Å²) in [5.74, 6) is 0.868. The number of carbonyl (C=O) groups excluding carboxylic acids is 2. The summed E-state index contributed by atoms with van der Waals surface area (Å²) >= 11 is 0. The third-order valence-corrected chi connectivity index (χ3v) is 7.67. The van der Waals surface area contributed by atoms with Crippen LogP contribution in [0.5, 0.6) is 0 Å². The lowest BCUT2D eigenvalue weighted by molar-refractivity contribution is -0.144. The third-order valence-electron chi connectivity index (χ3n) is 7.67. The second-order valence-corrected chi connectivity index (χ2v) is 10.8. The highest BCUT2D eigenvalue weighted by Gasteiger charge is 2.54. The van der Waals surface area contributed by atoms with Gasteiger partial charge >= 0.3 is 5.97 Å². The van der Waals surface area contributed by atoms with E-state index in [9.17, 15) is 9.59 Å². The number of esters is 1. The second-order valence-electron chi connectivity index (χ2n) is 10.8. The third kappa shape index (κ3) is 3.38. The van der Waals surface area contributed by atoms with Gasteiger partial charge in [-0.2, -0.15) is 0 Å². The molecule has 4 heteroatoms. The number of likely N-dealkylation sites (tertiary alicyclic amines) is 1. The summed E-state index contributed by atoms with van der Waals surface area (Å²) in [4.78, 5) is 27.7. The first-order valence-corrected chi connectivity index (χ1v) is 11.0. The van der Waals surface area contributed by atoms with Crippen molar-refractivity contribution in [2.45, 2.75) is 66.4 Å². The van der Waals surface area contributed by atoms with Crippen molar-refractivity contribution in [2.24, 2.45) is 28.6 Å². The van der Waals surface area contributed by atoms with E-state index < -0.39 is 0 Å². The molecule has 4 rings (SSSR count). The molecule has 0 aromatic heterocycles. The number of rotatable bonds is 2. The van der Waals surface area contributed by atoms with E-state index in [2.05, 4.69) is 32.6 Å². The van der Waals surface area contributed by atoms with Crippen LogP contribution in [0.25, 0.3) is 0 Å². The maximum absolute atomic E-state index is 12.9. The lowest BCUT2D eigenvalue weighted by Gasteiger charge is -2.43. The van der Waals surface area contributed by atoms with Gasteiger partial charge in [-0.25, -0.2) is 0 Å². The van der Waals surface area contributed by atoms with Crippen molar-refractivity contribution in [2.75, 3.05) is 19.6 Å². The summed E-state index contributed by atoms with van der Waals surface area (Å²) in [5.41, 5.74) is 1.99. The quantitative estimate of drug-likeness (QED) is 0.670. The zero-order valence-corrected chi connectivity index (χ0v) is 18.1. The number of carbonyl (C=O) groups is 2. The first kappa shape index (κ1) is 19.9. The van der Waals surface area contributed by atoms with Gasteiger partial charge in [0.05, 0.1) is 5.92 Å². The molecule has 0 aromatic carbocycles. The molecule has 0 N–H and O–H groups in total. The molecule has 154 valence electrons. The summed E-state index contributed by atoms with van der Waals surface area (Å²) in [6, 6.07) is 0. The van der Waals surface area contributed by atoms with Crippen LogP contribution in [0.2, 0.25) is 0 Å². The van der Waals surface area contributed by atoms with Gasteiger partial charge < -0.3 is 9.64 Å². The fourth-order valence-corrected chi connectivity index (χ4v) is 6.41. The van der Waals surface area contributed by atoms with Gasteiger partial charge in [-0.05, 0) is 62.1 Å². The lowest BCUT2D eigenvalue weighted by Crippen LogP contribution is -2.43. The number of allylic oxidation sites excluding steroid dienone is 3. The Morgan fingerprint density at radius 1 is 1.21 bits per heavy atom. The molecule has 0 radical (unpaired) electrons. The van der Waals surface area contributed by atoms with Crippen LogP contribution in [-0.4, -0.2) is 42.4 Å². The number of hydrogen-bond acceptors (Lipinski definition) is 4. The van der Waals surface area contributed by atoms with Crippen LogP contribution < -0.4 is 0 Å². The molecule has 5 unspecified atom stereocenters. The van der Waals surface area contributed by atoms with Gasteiger partial charge in [-0.3, -0.25) is 9.59 Å². The molecule has 2 heterocycles. The van der Waals surface area contributed by atoms with Gasteiger partial charge in [0.15, 0.2) is 5.78 Å². The minimum absolute atomic E-state index is 0.0587. The van der Waals surface area contributed by atoms with E-state index in [1.165, 1.54) is 12.8 Å². The fourth-order valence-electron chi connectivity index (χ4n) is 6.41. The van der Waals surface area contributed by atoms with Crippen LogP contribution in [-0.2, 0) is 14.3 Å². The molecule has 0 amide bonds. The number of ether oxygens (including phenoxy) is 1. The minimum Gasteiger partial charge on any atom is -0.457 e. The van der Waals surface area contributed by atoms with Gasteiger partial charge in [0, 0.05) is 30.0 Å². The summed E-state index contributed by atoms with van der Waals surface area (Å²) in [6.45, 7) is 14.0. The highest BCUT2D eigenvalue weighted by Crippen LogP contribution is 2.53. The largest absolute Gasteiger partial charge is 0.457 e. The normalized spacial score (nSPS) is 40.8. The average Bonchev–Trinajstić information content (AvgIpc) is 2.82. The SMILES string of the molecule is CC1=C2C3OC(=O)C(CN4CCC(C)CC(C)(C)C4)C3CCC2(C)C=CC1=O. The Hall–Kier alpha value is -1.42. The molecule has 3 fully saturated rings. The van der Waals surface area contributed by atoms with Crippen molar-refractivity contribution in [1.29, 1.82) is 0 Å². The van der Waals surface area contributed by atoms with Gasteiger partial charge in [0.25, 0.3) is 0 Å². The molecule has 4 nitrogen and oxygen atoms in total. The first-order chi connectivity index (χ1) is 13.1. The predicted molar refractivity (Wildman–Crippen MR) is 110 cm³/mol. The van der Waals surface area contributed by atoms with Crippen LogP contribution in [0.4, 0.5) is 0 Å². The smallest absolute Gasteiger partial charge is 0.311 e. The number of ketones is 1. The standard InChI is InChI=1S/C24H35NO3/c1-15-8-11-25(14-23(3,4)12-15)13-18-17-6-9-24(5)10-7-19(26)16(2)20(24)21(17)28-22(18)27/h7,10,15,17-18,21H,6,8-9,11-14H2,1-5H3. The summed E-state index contributed by atoms with van der Waals surface area (Å²) < 4.78 is 5.97. The molecule has 2 aliphatic heterocycles. The molecule has 2 saturated heterocycles. The maximum Gasteiger partial charge on any atom is 0.311 e.